The molecule has 18 heavy (non-hydrogen) atoms. The Kier molecular flexibility index (Phi) is 3.25. The summed E-state index contributed by atoms with van der Waals surface area (Å²) in [5, 5.41) is 13.2. The van der Waals surface area contributed by atoms with Crippen LogP contribution in [0.25, 0.3) is 0 Å². The molecule has 3 heterocycles. The Hall–Kier alpha value is -1.46. The van der Waals surface area contributed by atoms with E-state index in [-0.39, 0.29) is 0 Å². The number of anilines is 1. The van der Waals surface area contributed by atoms with Crippen LogP contribution in [0.2, 0.25) is 0 Å². The third-order valence-electron chi connectivity index (χ3n) is 3.27. The molecule has 5 heteroatoms. The Bertz CT molecular complexity index is 482. The number of pyridine rings is 1. The Morgan fingerprint density at radius 3 is 3.00 bits per heavy atom. The maximum Gasteiger partial charge on any atom is 0.185 e. The van der Waals surface area contributed by atoms with Crippen LogP contribution in [-0.2, 0) is 0 Å². The number of nitrogens with zero attached hydrogens (tertiary/aromatic N) is 3. The van der Waals surface area contributed by atoms with Gasteiger partial charge in [0.2, 0.25) is 0 Å². The van der Waals surface area contributed by atoms with Crippen molar-refractivity contribution in [2.24, 2.45) is 5.92 Å². The van der Waals surface area contributed by atoms with Crippen LogP contribution in [0.15, 0.2) is 36.1 Å². The monoisotopic (exact) mass is 261 g/mol. The van der Waals surface area contributed by atoms with E-state index in [1.165, 1.54) is 0 Å². The van der Waals surface area contributed by atoms with E-state index in [0.29, 0.717) is 5.92 Å². The van der Waals surface area contributed by atoms with E-state index in [0.717, 1.165) is 30.2 Å². The fourth-order valence-corrected chi connectivity index (χ4v) is 2.94. The first-order chi connectivity index (χ1) is 8.83. The van der Waals surface area contributed by atoms with E-state index in [4.69, 9.17) is 0 Å². The van der Waals surface area contributed by atoms with Gasteiger partial charge in [-0.25, -0.2) is 4.98 Å². The first-order valence-corrected chi connectivity index (χ1v) is 6.93. The minimum Gasteiger partial charge on any atom is -0.388 e. The lowest BCUT2D eigenvalue weighted by Gasteiger charge is -2.40. The van der Waals surface area contributed by atoms with Crippen molar-refractivity contribution in [3.63, 3.8) is 0 Å². The molecule has 0 radical (unpaired) electrons. The summed E-state index contributed by atoms with van der Waals surface area (Å²) >= 11 is 1.67. The molecule has 0 bridgehead atoms. The molecule has 2 aromatic heterocycles. The van der Waals surface area contributed by atoms with Crippen molar-refractivity contribution >= 4 is 16.5 Å². The third kappa shape index (κ3) is 2.37. The topological polar surface area (TPSA) is 49.2 Å². The van der Waals surface area contributed by atoms with Crippen molar-refractivity contribution in [3.05, 3.63) is 41.7 Å². The largest absolute Gasteiger partial charge is 0.388 e. The van der Waals surface area contributed by atoms with E-state index < -0.39 is 6.10 Å². The molecule has 94 valence electrons. The van der Waals surface area contributed by atoms with Crippen molar-refractivity contribution in [1.82, 2.24) is 9.97 Å². The molecule has 1 saturated heterocycles. The highest BCUT2D eigenvalue weighted by molar-refractivity contribution is 7.13. The summed E-state index contributed by atoms with van der Waals surface area (Å²) in [7, 11) is 0. The highest BCUT2D eigenvalue weighted by atomic mass is 32.1. The van der Waals surface area contributed by atoms with Crippen LogP contribution >= 0.6 is 11.3 Å². The van der Waals surface area contributed by atoms with E-state index in [1.54, 1.807) is 23.7 Å². The van der Waals surface area contributed by atoms with Gasteiger partial charge >= 0.3 is 0 Å². The molecule has 0 aromatic carbocycles. The molecule has 2 aromatic rings. The molecule has 0 saturated carbocycles. The van der Waals surface area contributed by atoms with Crippen LogP contribution in [0.1, 0.15) is 18.1 Å². The normalized spacial score (nSPS) is 17.5. The molecule has 1 N–H and O–H groups in total. The second kappa shape index (κ2) is 5.04. The van der Waals surface area contributed by atoms with Crippen LogP contribution in [-0.4, -0.2) is 28.2 Å². The number of rotatable bonds is 4. The molecule has 1 atom stereocenters. The molecular formula is C13H15N3OS. The molecule has 3 rings (SSSR count). The van der Waals surface area contributed by atoms with Crippen LogP contribution in [0.3, 0.4) is 0 Å². The fraction of sp³-hybridized carbons (Fsp3) is 0.385. The van der Waals surface area contributed by atoms with Gasteiger partial charge in [0.25, 0.3) is 0 Å². The Morgan fingerprint density at radius 1 is 1.44 bits per heavy atom. The zero-order valence-corrected chi connectivity index (χ0v) is 10.8. The van der Waals surface area contributed by atoms with Gasteiger partial charge < -0.3 is 10.0 Å². The predicted molar refractivity (Wildman–Crippen MR) is 71.6 cm³/mol. The van der Waals surface area contributed by atoms with E-state index in [2.05, 4.69) is 14.9 Å². The van der Waals surface area contributed by atoms with Crippen LogP contribution in [0.4, 0.5) is 5.13 Å². The van der Waals surface area contributed by atoms with Gasteiger partial charge in [-0.1, -0.05) is 6.07 Å². The van der Waals surface area contributed by atoms with Gasteiger partial charge in [-0.15, -0.1) is 11.3 Å². The van der Waals surface area contributed by atoms with Crippen LogP contribution in [0.5, 0.6) is 0 Å². The number of aliphatic hydroxyl groups is 1. The van der Waals surface area contributed by atoms with E-state index in [9.17, 15) is 5.11 Å². The van der Waals surface area contributed by atoms with Crippen LogP contribution < -0.4 is 4.90 Å². The smallest absolute Gasteiger partial charge is 0.185 e. The number of thiazole rings is 1. The van der Waals surface area contributed by atoms with Crippen molar-refractivity contribution < 1.29 is 5.11 Å². The average Bonchev–Trinajstić information content (AvgIpc) is 2.87. The van der Waals surface area contributed by atoms with Crippen molar-refractivity contribution in [2.75, 3.05) is 18.0 Å². The van der Waals surface area contributed by atoms with Gasteiger partial charge in [0.15, 0.2) is 5.13 Å². The van der Waals surface area contributed by atoms with Crippen LogP contribution in [0, 0.1) is 5.92 Å². The minimum absolute atomic E-state index is 0.401. The summed E-state index contributed by atoms with van der Waals surface area (Å²) in [6.45, 7) is 1.98. The Labute approximate surface area is 110 Å². The molecule has 1 fully saturated rings. The molecule has 1 aliphatic rings. The minimum atomic E-state index is -0.401. The summed E-state index contributed by atoms with van der Waals surface area (Å²) < 4.78 is 0. The first kappa shape index (κ1) is 11.6. The standard InChI is InChI=1S/C13H15N3OS/c17-12(11-2-1-3-14-7-11)6-10-8-16(9-10)13-15-4-5-18-13/h1-5,7,10,12,17H,6,8-9H2. The van der Waals surface area contributed by atoms with E-state index in [1.807, 2.05) is 23.7 Å². The fourth-order valence-electron chi connectivity index (χ4n) is 2.27. The summed E-state index contributed by atoms with van der Waals surface area (Å²) in [4.78, 5) is 10.6. The maximum atomic E-state index is 10.1. The molecule has 0 amide bonds. The molecule has 0 spiro atoms. The van der Waals surface area contributed by atoms with Gasteiger partial charge in [-0.2, -0.15) is 0 Å². The van der Waals surface area contributed by atoms with Gasteiger partial charge in [0, 0.05) is 37.1 Å². The zero-order chi connectivity index (χ0) is 12.4. The SMILES string of the molecule is OC(CC1CN(c2nccs2)C1)c1cccnc1. The predicted octanol–water partition coefficient (Wildman–Crippen LogP) is 2.10. The Balaban J connectivity index is 1.51. The molecule has 1 aliphatic heterocycles. The van der Waals surface area contributed by atoms with Gasteiger partial charge in [0.1, 0.15) is 0 Å². The van der Waals surface area contributed by atoms with Gasteiger partial charge in [-0.3, -0.25) is 4.98 Å². The number of aromatic nitrogens is 2. The van der Waals surface area contributed by atoms with Crippen molar-refractivity contribution in [2.45, 2.75) is 12.5 Å². The van der Waals surface area contributed by atoms with Gasteiger partial charge in [0.05, 0.1) is 6.10 Å². The molecule has 4 nitrogen and oxygen atoms in total. The summed E-state index contributed by atoms with van der Waals surface area (Å²) in [5.74, 6) is 0.545. The molecule has 1 unspecified atom stereocenters. The second-order valence-corrected chi connectivity index (χ2v) is 5.50. The quantitative estimate of drug-likeness (QED) is 0.915. The molecule has 0 aliphatic carbocycles. The highest BCUT2D eigenvalue weighted by Crippen LogP contribution is 2.31. The lowest BCUT2D eigenvalue weighted by Crippen LogP contribution is -2.47. The lowest BCUT2D eigenvalue weighted by molar-refractivity contribution is 0.134. The maximum absolute atomic E-state index is 10.1. The number of hydrogen-bond donors (Lipinski definition) is 1. The Morgan fingerprint density at radius 2 is 2.33 bits per heavy atom. The highest BCUT2D eigenvalue weighted by Gasteiger charge is 2.30. The zero-order valence-electron chi connectivity index (χ0n) is 9.94. The average molecular weight is 261 g/mol. The number of hydrogen-bond acceptors (Lipinski definition) is 5. The first-order valence-electron chi connectivity index (χ1n) is 6.05. The summed E-state index contributed by atoms with van der Waals surface area (Å²) in [6.07, 6.45) is 5.69. The van der Waals surface area contributed by atoms with Crippen molar-refractivity contribution in [3.8, 4) is 0 Å². The second-order valence-electron chi connectivity index (χ2n) is 4.62. The third-order valence-corrected chi connectivity index (χ3v) is 4.10. The van der Waals surface area contributed by atoms with E-state index >= 15 is 0 Å². The summed E-state index contributed by atoms with van der Waals surface area (Å²) in [6, 6.07) is 3.79. The number of aliphatic hydroxyl groups excluding tert-OH is 1. The molecular weight excluding hydrogens is 246 g/mol. The lowest BCUT2D eigenvalue weighted by atomic mass is 9.92. The van der Waals surface area contributed by atoms with Crippen molar-refractivity contribution in [1.29, 1.82) is 0 Å². The van der Waals surface area contributed by atoms with Gasteiger partial charge in [-0.05, 0) is 24.0 Å². The summed E-state index contributed by atoms with van der Waals surface area (Å²) in [5.41, 5.74) is 0.908.